The number of benzene rings is 1. The van der Waals surface area contributed by atoms with Gasteiger partial charge in [-0.2, -0.15) is 9.57 Å². The molecule has 0 radical (unpaired) electrons. The van der Waals surface area contributed by atoms with Crippen molar-refractivity contribution in [2.24, 2.45) is 5.41 Å². The van der Waals surface area contributed by atoms with Crippen molar-refractivity contribution in [3.8, 4) is 6.07 Å². The van der Waals surface area contributed by atoms with Crippen molar-refractivity contribution in [1.29, 1.82) is 5.26 Å². The molecule has 1 aliphatic heterocycles. The van der Waals surface area contributed by atoms with Crippen molar-refractivity contribution in [2.75, 3.05) is 25.4 Å². The molecular weight excluding hydrogens is 322 g/mol. The Bertz CT molecular complexity index is 674. The van der Waals surface area contributed by atoms with E-state index in [0.717, 1.165) is 5.56 Å². The zero-order chi connectivity index (χ0) is 17.8. The third kappa shape index (κ3) is 5.30. The average Bonchev–Trinajstić information content (AvgIpc) is 2.54. The maximum absolute atomic E-state index is 12.6. The van der Waals surface area contributed by atoms with Crippen molar-refractivity contribution in [3.05, 3.63) is 35.9 Å². The van der Waals surface area contributed by atoms with E-state index in [-0.39, 0.29) is 17.7 Å². The van der Waals surface area contributed by atoms with E-state index in [1.54, 1.807) is 0 Å². The highest BCUT2D eigenvalue weighted by Gasteiger charge is 2.33. The summed E-state index contributed by atoms with van der Waals surface area (Å²) < 4.78 is 26.6. The highest BCUT2D eigenvalue weighted by atomic mass is 32.2. The van der Waals surface area contributed by atoms with E-state index in [0.29, 0.717) is 26.1 Å². The Morgan fingerprint density at radius 1 is 1.21 bits per heavy atom. The molecule has 0 N–H and O–H groups in total. The van der Waals surface area contributed by atoms with Crippen LogP contribution in [0.15, 0.2) is 30.3 Å². The second kappa shape index (κ2) is 7.64. The van der Waals surface area contributed by atoms with Crippen LogP contribution in [0, 0.1) is 16.7 Å². The van der Waals surface area contributed by atoms with E-state index in [2.05, 4.69) is 11.0 Å². The van der Waals surface area contributed by atoms with Crippen LogP contribution >= 0.6 is 0 Å². The van der Waals surface area contributed by atoms with E-state index in [9.17, 15) is 13.7 Å². The summed E-state index contributed by atoms with van der Waals surface area (Å²) in [6.07, 6.45) is 0.622. The van der Waals surface area contributed by atoms with Crippen LogP contribution in [0.4, 0.5) is 0 Å². The third-order valence-corrected chi connectivity index (χ3v) is 6.17. The molecule has 1 heterocycles. The van der Waals surface area contributed by atoms with Gasteiger partial charge in [0.05, 0.1) is 11.8 Å². The number of nitriles is 1. The molecule has 1 unspecified atom stereocenters. The normalized spacial score (nSPS) is 20.7. The average molecular weight is 350 g/mol. The Morgan fingerprint density at radius 2 is 1.88 bits per heavy atom. The van der Waals surface area contributed by atoms with Crippen LogP contribution in [-0.2, 0) is 16.6 Å². The maximum Gasteiger partial charge on any atom is 0.214 e. The van der Waals surface area contributed by atoms with Gasteiger partial charge >= 0.3 is 0 Å². The molecular formula is C18H27N3O2S. The first-order valence-electron chi connectivity index (χ1n) is 8.37. The monoisotopic (exact) mass is 349 g/mol. The third-order valence-electron chi connectivity index (χ3n) is 4.33. The van der Waals surface area contributed by atoms with Crippen LogP contribution in [-0.4, -0.2) is 49.1 Å². The number of sulfonamides is 1. The van der Waals surface area contributed by atoms with Crippen LogP contribution in [0.1, 0.15) is 32.8 Å². The Morgan fingerprint density at radius 3 is 2.46 bits per heavy atom. The summed E-state index contributed by atoms with van der Waals surface area (Å²) in [7, 11) is -3.30. The number of hydrogen-bond acceptors (Lipinski definition) is 4. The summed E-state index contributed by atoms with van der Waals surface area (Å²) >= 11 is 0. The van der Waals surface area contributed by atoms with E-state index in [1.165, 1.54) is 4.31 Å². The Balaban J connectivity index is 2.00. The molecule has 1 aromatic carbocycles. The predicted octanol–water partition coefficient (Wildman–Crippen LogP) is 2.46. The van der Waals surface area contributed by atoms with E-state index >= 15 is 0 Å². The molecule has 1 saturated heterocycles. The van der Waals surface area contributed by atoms with Crippen molar-refractivity contribution in [2.45, 2.75) is 39.8 Å². The van der Waals surface area contributed by atoms with Crippen LogP contribution < -0.4 is 0 Å². The number of piperazine rings is 1. The minimum absolute atomic E-state index is 0.0170. The minimum Gasteiger partial charge on any atom is -0.281 e. The largest absolute Gasteiger partial charge is 0.281 e. The molecule has 2 rings (SSSR count). The Kier molecular flexibility index (Phi) is 6.02. The molecule has 0 saturated carbocycles. The summed E-state index contributed by atoms with van der Waals surface area (Å²) in [6, 6.07) is 11.8. The maximum atomic E-state index is 12.6. The van der Waals surface area contributed by atoms with Gasteiger partial charge in [0.1, 0.15) is 6.04 Å². The molecule has 6 heteroatoms. The molecule has 0 spiro atoms. The molecule has 24 heavy (non-hydrogen) atoms. The van der Waals surface area contributed by atoms with Crippen LogP contribution in [0.25, 0.3) is 0 Å². The van der Waals surface area contributed by atoms with Crippen LogP contribution in [0.2, 0.25) is 0 Å². The highest BCUT2D eigenvalue weighted by Crippen LogP contribution is 2.22. The molecule has 1 aliphatic rings. The fraction of sp³-hybridized carbons (Fsp3) is 0.611. The van der Waals surface area contributed by atoms with Crippen molar-refractivity contribution in [3.63, 3.8) is 0 Å². The van der Waals surface area contributed by atoms with Gasteiger partial charge in [-0.15, -0.1) is 0 Å². The first-order valence-corrected chi connectivity index (χ1v) is 9.98. The van der Waals surface area contributed by atoms with Crippen molar-refractivity contribution >= 4 is 10.0 Å². The fourth-order valence-corrected chi connectivity index (χ4v) is 4.60. The predicted molar refractivity (Wildman–Crippen MR) is 95.7 cm³/mol. The number of rotatable bonds is 5. The molecule has 0 amide bonds. The second-order valence-corrected chi connectivity index (χ2v) is 9.67. The summed E-state index contributed by atoms with van der Waals surface area (Å²) in [5.41, 5.74) is 1.12. The molecule has 1 aromatic rings. The molecule has 0 aromatic heterocycles. The highest BCUT2D eigenvalue weighted by molar-refractivity contribution is 7.89. The van der Waals surface area contributed by atoms with Gasteiger partial charge in [-0.1, -0.05) is 51.1 Å². The van der Waals surface area contributed by atoms with Gasteiger partial charge in [0.2, 0.25) is 10.0 Å². The smallest absolute Gasteiger partial charge is 0.214 e. The van der Waals surface area contributed by atoms with Gasteiger partial charge in [-0.05, 0) is 17.4 Å². The first kappa shape index (κ1) is 18.9. The van der Waals surface area contributed by atoms with E-state index < -0.39 is 16.1 Å². The number of nitrogens with zero attached hydrogens (tertiary/aromatic N) is 3. The van der Waals surface area contributed by atoms with E-state index in [4.69, 9.17) is 0 Å². The van der Waals surface area contributed by atoms with Crippen molar-refractivity contribution < 1.29 is 8.42 Å². The summed E-state index contributed by atoms with van der Waals surface area (Å²) in [5, 5.41) is 9.47. The molecule has 1 fully saturated rings. The lowest BCUT2D eigenvalue weighted by Crippen LogP contribution is -2.54. The van der Waals surface area contributed by atoms with Gasteiger partial charge in [0, 0.05) is 26.2 Å². The van der Waals surface area contributed by atoms with E-state index in [1.807, 2.05) is 51.1 Å². The van der Waals surface area contributed by atoms with Crippen LogP contribution in [0.3, 0.4) is 0 Å². The van der Waals surface area contributed by atoms with Crippen molar-refractivity contribution in [1.82, 2.24) is 9.21 Å². The summed E-state index contributed by atoms with van der Waals surface area (Å²) in [5.74, 6) is 0.146. The molecule has 132 valence electrons. The zero-order valence-corrected chi connectivity index (χ0v) is 15.6. The molecule has 0 bridgehead atoms. The zero-order valence-electron chi connectivity index (χ0n) is 14.8. The minimum atomic E-state index is -3.30. The SMILES string of the molecule is CC(C)(C)CCS(=O)(=O)N1CCN(Cc2ccccc2)C(C#N)C1. The van der Waals surface area contributed by atoms with Gasteiger partial charge < -0.3 is 0 Å². The lowest BCUT2D eigenvalue weighted by Gasteiger charge is -2.37. The van der Waals surface area contributed by atoms with Gasteiger partial charge in [-0.3, -0.25) is 4.90 Å². The molecule has 1 atom stereocenters. The second-order valence-electron chi connectivity index (χ2n) is 7.59. The Labute approximate surface area is 145 Å². The lowest BCUT2D eigenvalue weighted by molar-refractivity contribution is 0.142. The Hall–Kier alpha value is -1.42. The first-order chi connectivity index (χ1) is 11.2. The topological polar surface area (TPSA) is 64.4 Å². The van der Waals surface area contributed by atoms with Crippen LogP contribution in [0.5, 0.6) is 0 Å². The molecule has 0 aliphatic carbocycles. The number of hydrogen-bond donors (Lipinski definition) is 0. The summed E-state index contributed by atoms with van der Waals surface area (Å²) in [4.78, 5) is 2.06. The van der Waals surface area contributed by atoms with Gasteiger partial charge in [-0.25, -0.2) is 8.42 Å². The standard InChI is InChI=1S/C18H27N3O2S/c1-18(2,3)9-12-24(22,23)21-11-10-20(17(13-19)15-21)14-16-7-5-4-6-8-16/h4-8,17H,9-12,14-15H2,1-3H3. The molecule has 5 nitrogen and oxygen atoms in total. The fourth-order valence-electron chi connectivity index (χ4n) is 2.74. The van der Waals surface area contributed by atoms with Gasteiger partial charge in [0.25, 0.3) is 0 Å². The van der Waals surface area contributed by atoms with Gasteiger partial charge in [0.15, 0.2) is 0 Å². The summed E-state index contributed by atoms with van der Waals surface area (Å²) in [6.45, 7) is 8.10. The lowest BCUT2D eigenvalue weighted by atomic mass is 9.94. The quantitative estimate of drug-likeness (QED) is 0.819.